The molecule has 2 atom stereocenters. The number of benzene rings is 1. The minimum Gasteiger partial charge on any atom is -0.365 e. The molecule has 3 fully saturated rings. The summed E-state index contributed by atoms with van der Waals surface area (Å²) in [7, 11) is 0. The molecular formula is C23H28ClN5O2. The summed E-state index contributed by atoms with van der Waals surface area (Å²) >= 11 is 0. The number of carbonyl (C=O) groups excluding carboxylic acids is 1. The second-order valence-electron chi connectivity index (χ2n) is 8.96. The van der Waals surface area contributed by atoms with Crippen molar-refractivity contribution in [3.8, 4) is 6.07 Å². The molecule has 1 N–H and O–H groups in total. The summed E-state index contributed by atoms with van der Waals surface area (Å²) in [6.45, 7) is 6.98. The number of ether oxygens (including phenoxy) is 1. The van der Waals surface area contributed by atoms with Crippen molar-refractivity contribution >= 4 is 34.9 Å². The fourth-order valence-corrected chi connectivity index (χ4v) is 5.23. The molecule has 0 bridgehead atoms. The van der Waals surface area contributed by atoms with Crippen molar-refractivity contribution in [2.75, 3.05) is 44.2 Å². The van der Waals surface area contributed by atoms with Crippen LogP contribution >= 0.6 is 12.4 Å². The van der Waals surface area contributed by atoms with Gasteiger partial charge in [-0.25, -0.2) is 0 Å². The predicted molar refractivity (Wildman–Crippen MR) is 121 cm³/mol. The first-order valence-corrected chi connectivity index (χ1v) is 10.8. The minimum atomic E-state index is -0.468. The fourth-order valence-electron chi connectivity index (χ4n) is 5.23. The third kappa shape index (κ3) is 3.96. The number of carbonyl (C=O) groups is 1. The third-order valence-corrected chi connectivity index (χ3v) is 6.67. The van der Waals surface area contributed by atoms with Crippen LogP contribution in [0.5, 0.6) is 0 Å². The molecule has 2 aromatic rings. The molecule has 1 spiro atoms. The normalized spacial score (nSPS) is 24.9. The Morgan fingerprint density at radius 2 is 2.16 bits per heavy atom. The molecule has 3 saturated heterocycles. The number of aromatic nitrogens is 1. The maximum atomic E-state index is 13.2. The van der Waals surface area contributed by atoms with Gasteiger partial charge in [0.2, 0.25) is 0 Å². The van der Waals surface area contributed by atoms with Gasteiger partial charge in [0.15, 0.2) is 6.10 Å². The third-order valence-electron chi connectivity index (χ3n) is 6.67. The van der Waals surface area contributed by atoms with E-state index < -0.39 is 6.10 Å². The van der Waals surface area contributed by atoms with E-state index >= 15 is 0 Å². The molecule has 5 rings (SSSR count). The van der Waals surface area contributed by atoms with Gasteiger partial charge in [-0.05, 0) is 50.6 Å². The van der Waals surface area contributed by atoms with E-state index in [4.69, 9.17) is 4.74 Å². The van der Waals surface area contributed by atoms with Crippen LogP contribution in [0.2, 0.25) is 0 Å². The zero-order chi connectivity index (χ0) is 20.7. The Kier molecular flexibility index (Phi) is 6.07. The molecule has 0 saturated carbocycles. The maximum absolute atomic E-state index is 13.2. The van der Waals surface area contributed by atoms with Gasteiger partial charge in [0.25, 0.3) is 5.91 Å². The van der Waals surface area contributed by atoms with E-state index in [0.29, 0.717) is 24.2 Å². The minimum absolute atomic E-state index is 0. The average Bonchev–Trinajstić information content (AvgIpc) is 2.76. The summed E-state index contributed by atoms with van der Waals surface area (Å²) in [4.78, 5) is 21.8. The molecule has 31 heavy (non-hydrogen) atoms. The topological polar surface area (TPSA) is 81.5 Å². The van der Waals surface area contributed by atoms with Gasteiger partial charge in [0.05, 0.1) is 23.7 Å². The Morgan fingerprint density at radius 1 is 1.32 bits per heavy atom. The van der Waals surface area contributed by atoms with Gasteiger partial charge in [-0.15, -0.1) is 12.4 Å². The number of amides is 1. The lowest BCUT2D eigenvalue weighted by Crippen LogP contribution is -2.66. The van der Waals surface area contributed by atoms with E-state index in [1.54, 1.807) is 6.20 Å². The van der Waals surface area contributed by atoms with Gasteiger partial charge in [0.1, 0.15) is 6.07 Å². The van der Waals surface area contributed by atoms with Crippen LogP contribution in [0, 0.1) is 16.7 Å². The number of nitrogens with zero attached hydrogens (tertiary/aromatic N) is 4. The van der Waals surface area contributed by atoms with Gasteiger partial charge >= 0.3 is 0 Å². The highest BCUT2D eigenvalue weighted by Crippen LogP contribution is 2.37. The number of anilines is 1. The van der Waals surface area contributed by atoms with Crippen LogP contribution in [0.25, 0.3) is 10.9 Å². The maximum Gasteiger partial charge on any atom is 0.253 e. The van der Waals surface area contributed by atoms with Crippen molar-refractivity contribution in [2.24, 2.45) is 5.41 Å². The van der Waals surface area contributed by atoms with Crippen LogP contribution in [-0.4, -0.2) is 67.3 Å². The summed E-state index contributed by atoms with van der Waals surface area (Å²) in [5.74, 6) is 0.0961. The molecule has 3 aliphatic heterocycles. The van der Waals surface area contributed by atoms with Crippen molar-refractivity contribution < 1.29 is 9.53 Å². The van der Waals surface area contributed by atoms with Crippen LogP contribution in [0.1, 0.15) is 25.3 Å². The average molecular weight is 442 g/mol. The Labute approximate surface area is 188 Å². The second-order valence-corrected chi connectivity index (χ2v) is 8.96. The van der Waals surface area contributed by atoms with Gasteiger partial charge < -0.3 is 19.9 Å². The number of halogens is 1. The van der Waals surface area contributed by atoms with Gasteiger partial charge in [-0.1, -0.05) is 0 Å². The number of likely N-dealkylation sites (tertiary alicyclic amines) is 1. The van der Waals surface area contributed by atoms with E-state index in [2.05, 4.69) is 21.3 Å². The highest BCUT2D eigenvalue weighted by Gasteiger charge is 2.47. The molecule has 7 nitrogen and oxygen atoms in total. The zero-order valence-electron chi connectivity index (χ0n) is 17.7. The monoisotopic (exact) mass is 441 g/mol. The number of hydrogen-bond donors (Lipinski definition) is 1. The molecule has 164 valence electrons. The largest absolute Gasteiger partial charge is 0.365 e. The first-order valence-electron chi connectivity index (χ1n) is 10.8. The lowest BCUT2D eigenvalue weighted by atomic mass is 9.74. The Hall–Kier alpha value is -2.40. The van der Waals surface area contributed by atoms with Crippen molar-refractivity contribution in [2.45, 2.75) is 32.0 Å². The van der Waals surface area contributed by atoms with E-state index in [9.17, 15) is 10.1 Å². The molecule has 8 heteroatoms. The van der Waals surface area contributed by atoms with Crippen molar-refractivity contribution in [3.63, 3.8) is 0 Å². The number of fused-ring (bicyclic) bond motifs is 1. The number of nitrogens with one attached hydrogen (secondary N) is 1. The smallest absolute Gasteiger partial charge is 0.253 e. The quantitative estimate of drug-likeness (QED) is 0.770. The van der Waals surface area contributed by atoms with Crippen LogP contribution in [-0.2, 0) is 9.53 Å². The Bertz CT molecular complexity index is 1010. The predicted octanol–water partition coefficient (Wildman–Crippen LogP) is 2.33. The first kappa shape index (κ1) is 21.8. The van der Waals surface area contributed by atoms with E-state index in [0.717, 1.165) is 37.3 Å². The SMILES string of the molecule is C[C@@H]1CN(c2ccc(C#N)c3ncccc23)C[C@H](C(=O)N2CC3(CCCNC3)C2)O1.Cl. The van der Waals surface area contributed by atoms with Gasteiger partial charge in [0, 0.05) is 48.9 Å². The summed E-state index contributed by atoms with van der Waals surface area (Å²) < 4.78 is 6.07. The molecule has 0 unspecified atom stereocenters. The first-order chi connectivity index (χ1) is 14.6. The summed E-state index contributed by atoms with van der Waals surface area (Å²) in [6, 6.07) is 9.88. The lowest BCUT2D eigenvalue weighted by Gasteiger charge is -2.53. The van der Waals surface area contributed by atoms with Crippen molar-refractivity contribution in [1.29, 1.82) is 5.26 Å². The molecule has 4 heterocycles. The number of pyridine rings is 1. The number of piperidine rings is 1. The van der Waals surface area contributed by atoms with Crippen LogP contribution < -0.4 is 10.2 Å². The molecule has 0 radical (unpaired) electrons. The van der Waals surface area contributed by atoms with Crippen molar-refractivity contribution in [3.05, 3.63) is 36.0 Å². The van der Waals surface area contributed by atoms with E-state index in [1.807, 2.05) is 36.1 Å². The number of hydrogen-bond acceptors (Lipinski definition) is 6. The van der Waals surface area contributed by atoms with Crippen LogP contribution in [0.4, 0.5) is 5.69 Å². The Morgan fingerprint density at radius 3 is 2.90 bits per heavy atom. The Balaban J connectivity index is 0.00000231. The zero-order valence-corrected chi connectivity index (χ0v) is 18.5. The van der Waals surface area contributed by atoms with Crippen molar-refractivity contribution in [1.82, 2.24) is 15.2 Å². The number of nitriles is 1. The molecular weight excluding hydrogens is 414 g/mol. The molecule has 0 aliphatic carbocycles. The molecule has 1 aromatic carbocycles. The summed E-state index contributed by atoms with van der Waals surface area (Å²) in [5, 5.41) is 13.8. The highest BCUT2D eigenvalue weighted by atomic mass is 35.5. The summed E-state index contributed by atoms with van der Waals surface area (Å²) in [5.41, 5.74) is 2.54. The molecule has 1 amide bonds. The lowest BCUT2D eigenvalue weighted by molar-refractivity contribution is -0.161. The fraction of sp³-hybridized carbons (Fsp3) is 0.522. The summed E-state index contributed by atoms with van der Waals surface area (Å²) in [6.07, 6.45) is 3.57. The van der Waals surface area contributed by atoms with E-state index in [-0.39, 0.29) is 29.8 Å². The van der Waals surface area contributed by atoms with Crippen LogP contribution in [0.15, 0.2) is 30.5 Å². The van der Waals surface area contributed by atoms with Gasteiger partial charge in [-0.2, -0.15) is 5.26 Å². The van der Waals surface area contributed by atoms with Crippen LogP contribution in [0.3, 0.4) is 0 Å². The second kappa shape index (κ2) is 8.62. The number of morpholine rings is 1. The van der Waals surface area contributed by atoms with Gasteiger partial charge in [-0.3, -0.25) is 9.78 Å². The highest BCUT2D eigenvalue weighted by molar-refractivity contribution is 5.95. The number of rotatable bonds is 2. The molecule has 1 aromatic heterocycles. The molecule has 3 aliphatic rings. The van der Waals surface area contributed by atoms with E-state index in [1.165, 1.54) is 12.8 Å². The standard InChI is InChI=1S/C23H27N5O2.ClH/c1-16-11-27(19-6-5-17(10-24)21-18(19)4-2-9-26-21)12-20(30-16)22(29)28-14-23(15-28)7-3-8-25-13-23;/h2,4-6,9,16,20,25H,3,7-8,11-15H2,1H3;1H/t16-,20-;/m1./s1.